The highest BCUT2D eigenvalue weighted by Crippen LogP contribution is 2.22. The molecule has 0 saturated carbocycles. The van der Waals surface area contributed by atoms with Crippen molar-refractivity contribution in [2.45, 2.75) is 0 Å². The van der Waals surface area contributed by atoms with Crippen LogP contribution in [0.15, 0.2) is 59.4 Å². The molecule has 0 unspecified atom stereocenters. The number of terminal acetylenes is 1. The lowest BCUT2D eigenvalue weighted by Crippen LogP contribution is -2.40. The molecule has 0 saturated heterocycles. The molecule has 0 fully saturated rings. The highest BCUT2D eigenvalue weighted by molar-refractivity contribution is 6.08. The Balaban J connectivity index is 1.94. The van der Waals surface area contributed by atoms with E-state index in [-0.39, 0.29) is 18.1 Å². The molecule has 3 aromatic rings. The van der Waals surface area contributed by atoms with E-state index in [9.17, 15) is 9.59 Å². The number of nitrogens with one attached hydrogen (secondary N) is 1. The Morgan fingerprint density at radius 3 is 2.81 bits per heavy atom. The lowest BCUT2D eigenvalue weighted by atomic mass is 10.1. The minimum absolute atomic E-state index is 0.0730. The third kappa shape index (κ3) is 4.02. The normalized spacial score (nSPS) is 10.1. The molecule has 3 rings (SSSR count). The first-order chi connectivity index (χ1) is 13.1. The summed E-state index contributed by atoms with van der Waals surface area (Å²) in [5.74, 6) is 2.11. The van der Waals surface area contributed by atoms with Crippen molar-refractivity contribution in [2.24, 2.45) is 0 Å². The number of nitrogens with zero attached hydrogens (tertiary/aromatic N) is 3. The number of rotatable bonds is 5. The smallest absolute Gasteiger partial charge is 0.280 e. The van der Waals surface area contributed by atoms with Gasteiger partial charge in [0.2, 0.25) is 5.91 Å². The molecule has 2 amide bonds. The fraction of sp³-hybridized carbons (Fsp3) is 0.100. The average Bonchev–Trinajstić information content (AvgIpc) is 3.22. The second-order valence-corrected chi connectivity index (χ2v) is 5.58. The summed E-state index contributed by atoms with van der Waals surface area (Å²) in [7, 11) is 1.50. The molecule has 2 aromatic heterocycles. The summed E-state index contributed by atoms with van der Waals surface area (Å²) in [4.78, 5) is 30.2. The van der Waals surface area contributed by atoms with Gasteiger partial charge in [0, 0.05) is 42.3 Å². The monoisotopic (exact) mass is 360 g/mol. The first kappa shape index (κ1) is 17.9. The van der Waals surface area contributed by atoms with Gasteiger partial charge in [-0.05, 0) is 30.3 Å². The topological polar surface area (TPSA) is 88.3 Å². The van der Waals surface area contributed by atoms with Gasteiger partial charge in [-0.1, -0.05) is 17.1 Å². The first-order valence-corrected chi connectivity index (χ1v) is 8.08. The minimum Gasteiger partial charge on any atom is -0.358 e. The third-order valence-electron chi connectivity index (χ3n) is 3.83. The van der Waals surface area contributed by atoms with Crippen LogP contribution >= 0.6 is 0 Å². The van der Waals surface area contributed by atoms with Gasteiger partial charge in [0.05, 0.1) is 0 Å². The molecule has 0 atom stereocenters. The van der Waals surface area contributed by atoms with Crippen molar-refractivity contribution in [1.82, 2.24) is 15.5 Å². The summed E-state index contributed by atoms with van der Waals surface area (Å²) < 4.78 is 5.26. The molecule has 7 nitrogen and oxygen atoms in total. The van der Waals surface area contributed by atoms with E-state index in [2.05, 4.69) is 21.4 Å². The molecule has 0 aliphatic rings. The lowest BCUT2D eigenvalue weighted by Gasteiger charge is -2.21. The highest BCUT2D eigenvalue weighted by atomic mass is 16.5. The number of anilines is 1. The van der Waals surface area contributed by atoms with Gasteiger partial charge in [0.15, 0.2) is 11.5 Å². The Morgan fingerprint density at radius 1 is 1.26 bits per heavy atom. The van der Waals surface area contributed by atoms with Gasteiger partial charge in [0.25, 0.3) is 5.91 Å². The van der Waals surface area contributed by atoms with Crippen LogP contribution in [-0.4, -0.2) is 35.5 Å². The van der Waals surface area contributed by atoms with Crippen molar-refractivity contribution in [3.63, 3.8) is 0 Å². The number of carbonyl (C=O) groups is 2. The fourth-order valence-corrected chi connectivity index (χ4v) is 2.43. The Bertz CT molecular complexity index is 1010. The second-order valence-electron chi connectivity index (χ2n) is 5.58. The zero-order valence-electron chi connectivity index (χ0n) is 14.5. The predicted octanol–water partition coefficient (Wildman–Crippen LogP) is 2.11. The van der Waals surface area contributed by atoms with Crippen molar-refractivity contribution < 1.29 is 14.1 Å². The summed E-state index contributed by atoms with van der Waals surface area (Å²) in [6.07, 6.45) is 8.67. The summed E-state index contributed by atoms with van der Waals surface area (Å²) >= 11 is 0. The standard InChI is InChI=1S/C20H16N4O3/c1-3-14-6-4-8-16(10-14)24(13-19(25)21-2)20(26)17-11-18(27-23-17)15-7-5-9-22-12-15/h1,4-12H,13H2,2H3,(H,21,25). The van der Waals surface area contributed by atoms with Crippen molar-refractivity contribution >= 4 is 17.5 Å². The maximum Gasteiger partial charge on any atom is 0.280 e. The van der Waals surface area contributed by atoms with E-state index in [0.717, 1.165) is 0 Å². The zero-order chi connectivity index (χ0) is 19.2. The molecule has 0 radical (unpaired) electrons. The number of carbonyl (C=O) groups excluding carboxylic acids is 2. The zero-order valence-corrected chi connectivity index (χ0v) is 14.5. The van der Waals surface area contributed by atoms with Gasteiger partial charge in [-0.2, -0.15) is 0 Å². The summed E-state index contributed by atoms with van der Waals surface area (Å²) in [6, 6.07) is 11.9. The van der Waals surface area contributed by atoms with Crippen LogP contribution in [-0.2, 0) is 4.79 Å². The number of hydrogen-bond acceptors (Lipinski definition) is 5. The maximum absolute atomic E-state index is 13.0. The molecule has 0 aliphatic carbocycles. The van der Waals surface area contributed by atoms with Crippen LogP contribution in [0, 0.1) is 12.3 Å². The van der Waals surface area contributed by atoms with E-state index in [1.807, 2.05) is 0 Å². The van der Waals surface area contributed by atoms with E-state index >= 15 is 0 Å². The van der Waals surface area contributed by atoms with Crippen LogP contribution in [0.5, 0.6) is 0 Å². The average molecular weight is 360 g/mol. The molecule has 1 N–H and O–H groups in total. The van der Waals surface area contributed by atoms with Crippen molar-refractivity contribution in [1.29, 1.82) is 0 Å². The third-order valence-corrected chi connectivity index (χ3v) is 3.83. The van der Waals surface area contributed by atoms with Gasteiger partial charge >= 0.3 is 0 Å². The number of hydrogen-bond donors (Lipinski definition) is 1. The van der Waals surface area contributed by atoms with Gasteiger partial charge < -0.3 is 9.84 Å². The Kier molecular flexibility index (Phi) is 5.28. The Labute approximate surface area is 156 Å². The quantitative estimate of drug-likeness (QED) is 0.704. The second kappa shape index (κ2) is 7.97. The Morgan fingerprint density at radius 2 is 2.11 bits per heavy atom. The number of amides is 2. The molecule has 27 heavy (non-hydrogen) atoms. The van der Waals surface area contributed by atoms with E-state index in [1.54, 1.807) is 48.8 Å². The SMILES string of the molecule is C#Cc1cccc(N(CC(=O)NC)C(=O)c2cc(-c3cccnc3)on2)c1. The summed E-state index contributed by atoms with van der Waals surface area (Å²) in [5.41, 5.74) is 1.85. The Hall–Kier alpha value is -3.92. The predicted molar refractivity (Wildman–Crippen MR) is 99.9 cm³/mol. The number of aromatic nitrogens is 2. The molecule has 0 spiro atoms. The maximum atomic E-state index is 13.0. The minimum atomic E-state index is -0.480. The van der Waals surface area contributed by atoms with E-state index in [4.69, 9.17) is 10.9 Å². The summed E-state index contributed by atoms with van der Waals surface area (Å²) in [6.45, 7) is -0.182. The van der Waals surface area contributed by atoms with Crippen LogP contribution in [0.4, 0.5) is 5.69 Å². The van der Waals surface area contributed by atoms with Crippen LogP contribution in [0.2, 0.25) is 0 Å². The molecular formula is C20H16N4O3. The van der Waals surface area contributed by atoms with E-state index < -0.39 is 5.91 Å². The van der Waals surface area contributed by atoms with Crippen LogP contribution in [0.1, 0.15) is 16.1 Å². The fourth-order valence-electron chi connectivity index (χ4n) is 2.43. The van der Waals surface area contributed by atoms with Gasteiger partial charge in [0.1, 0.15) is 6.54 Å². The number of likely N-dealkylation sites (N-methyl/N-ethyl adjacent to an activating group) is 1. The van der Waals surface area contributed by atoms with Gasteiger partial charge in [-0.15, -0.1) is 6.42 Å². The van der Waals surface area contributed by atoms with Crippen LogP contribution < -0.4 is 10.2 Å². The van der Waals surface area contributed by atoms with Gasteiger partial charge in [-0.25, -0.2) is 0 Å². The van der Waals surface area contributed by atoms with Crippen LogP contribution in [0.25, 0.3) is 11.3 Å². The van der Waals surface area contributed by atoms with Crippen LogP contribution in [0.3, 0.4) is 0 Å². The first-order valence-electron chi connectivity index (χ1n) is 8.08. The molecule has 7 heteroatoms. The summed E-state index contributed by atoms with van der Waals surface area (Å²) in [5, 5.41) is 6.35. The van der Waals surface area contributed by atoms with E-state index in [1.165, 1.54) is 18.0 Å². The number of pyridine rings is 1. The lowest BCUT2D eigenvalue weighted by molar-refractivity contribution is -0.119. The van der Waals surface area contributed by atoms with Crippen molar-refractivity contribution in [3.05, 3.63) is 66.1 Å². The van der Waals surface area contributed by atoms with Crippen molar-refractivity contribution in [3.8, 4) is 23.7 Å². The largest absolute Gasteiger partial charge is 0.358 e. The van der Waals surface area contributed by atoms with Gasteiger partial charge in [-0.3, -0.25) is 19.5 Å². The highest BCUT2D eigenvalue weighted by Gasteiger charge is 2.24. The molecule has 0 aliphatic heterocycles. The van der Waals surface area contributed by atoms with E-state index in [0.29, 0.717) is 22.6 Å². The molecule has 1 aromatic carbocycles. The van der Waals surface area contributed by atoms with Crippen molar-refractivity contribution in [2.75, 3.05) is 18.5 Å². The molecule has 2 heterocycles. The molecule has 134 valence electrons. The number of benzene rings is 1. The molecular weight excluding hydrogens is 344 g/mol. The molecule has 0 bridgehead atoms.